The van der Waals surface area contributed by atoms with Crippen LogP contribution in [0.4, 0.5) is 4.39 Å². The molecule has 1 aliphatic carbocycles. The molecule has 2 aliphatic rings. The fourth-order valence-electron chi connectivity index (χ4n) is 3.58. The van der Waals surface area contributed by atoms with E-state index in [-0.39, 0.29) is 17.8 Å². The van der Waals surface area contributed by atoms with Crippen molar-refractivity contribution >= 4 is 12.1 Å². The van der Waals surface area contributed by atoms with Crippen molar-refractivity contribution in [2.45, 2.75) is 18.9 Å². The molecule has 2 aromatic rings. The maximum atomic E-state index is 13.2. The van der Waals surface area contributed by atoms with E-state index in [4.69, 9.17) is 0 Å². The fraction of sp³-hybridized carbons (Fsp3) is 0.222. The van der Waals surface area contributed by atoms with Gasteiger partial charge in [0.05, 0.1) is 11.8 Å². The number of carbonyl (C=O) groups excluding carboxylic acids is 1. The molecule has 4 heteroatoms. The molecule has 2 aromatic carbocycles. The van der Waals surface area contributed by atoms with Crippen molar-refractivity contribution in [3.05, 3.63) is 71.0 Å². The first-order chi connectivity index (χ1) is 10.8. The summed E-state index contributed by atoms with van der Waals surface area (Å²) in [4.78, 5) is 11.5. The summed E-state index contributed by atoms with van der Waals surface area (Å²) in [5.41, 5.74) is 4.32. The van der Waals surface area contributed by atoms with Crippen LogP contribution in [0.2, 0.25) is 0 Å². The predicted octanol–water partition coefficient (Wildman–Crippen LogP) is 3.31. The van der Waals surface area contributed by atoms with Crippen LogP contribution in [0.15, 0.2) is 53.6 Å². The SMILES string of the molecule is O=CN1N=C2c3ccccc3CCC2C1c1ccc(F)cc1. The Kier molecular flexibility index (Phi) is 3.03. The summed E-state index contributed by atoms with van der Waals surface area (Å²) in [5, 5.41) is 6.02. The van der Waals surface area contributed by atoms with Crippen molar-refractivity contribution in [2.24, 2.45) is 11.0 Å². The highest BCUT2D eigenvalue weighted by atomic mass is 19.1. The van der Waals surface area contributed by atoms with Crippen LogP contribution in [0, 0.1) is 11.7 Å². The number of amides is 1. The zero-order valence-electron chi connectivity index (χ0n) is 11.9. The van der Waals surface area contributed by atoms with Gasteiger partial charge in [0.25, 0.3) is 0 Å². The fourth-order valence-corrected chi connectivity index (χ4v) is 3.58. The van der Waals surface area contributed by atoms with Crippen LogP contribution in [0.5, 0.6) is 0 Å². The van der Waals surface area contributed by atoms with Gasteiger partial charge < -0.3 is 0 Å². The van der Waals surface area contributed by atoms with Crippen molar-refractivity contribution in [3.63, 3.8) is 0 Å². The van der Waals surface area contributed by atoms with Gasteiger partial charge in [-0.3, -0.25) is 4.79 Å². The van der Waals surface area contributed by atoms with Gasteiger partial charge in [-0.05, 0) is 36.1 Å². The van der Waals surface area contributed by atoms with Crippen molar-refractivity contribution in [2.75, 3.05) is 0 Å². The first-order valence-electron chi connectivity index (χ1n) is 7.44. The molecule has 0 fully saturated rings. The van der Waals surface area contributed by atoms with Crippen molar-refractivity contribution in [3.8, 4) is 0 Å². The standard InChI is InChI=1S/C18H15FN2O/c19-14-8-5-13(6-9-14)18-16-10-7-12-3-1-2-4-15(12)17(16)20-21(18)11-22/h1-6,8-9,11,16,18H,7,10H2. The largest absolute Gasteiger partial charge is 0.277 e. The molecule has 22 heavy (non-hydrogen) atoms. The Morgan fingerprint density at radius 3 is 2.68 bits per heavy atom. The van der Waals surface area contributed by atoms with E-state index in [1.165, 1.54) is 22.7 Å². The number of carbonyl (C=O) groups is 1. The number of aryl methyl sites for hydroxylation is 1. The summed E-state index contributed by atoms with van der Waals surface area (Å²) in [6.45, 7) is 0. The van der Waals surface area contributed by atoms with E-state index in [0.717, 1.165) is 36.1 Å². The van der Waals surface area contributed by atoms with Gasteiger partial charge in [0.1, 0.15) is 5.82 Å². The Bertz CT molecular complexity index is 754. The Morgan fingerprint density at radius 1 is 1.14 bits per heavy atom. The Morgan fingerprint density at radius 2 is 1.91 bits per heavy atom. The van der Waals surface area contributed by atoms with Gasteiger partial charge in [0.2, 0.25) is 6.41 Å². The minimum Gasteiger partial charge on any atom is -0.277 e. The number of hydrogen-bond acceptors (Lipinski definition) is 2. The molecule has 0 radical (unpaired) electrons. The molecular weight excluding hydrogens is 279 g/mol. The van der Waals surface area contributed by atoms with Gasteiger partial charge in [0.15, 0.2) is 0 Å². The van der Waals surface area contributed by atoms with Crippen LogP contribution in [-0.2, 0) is 11.2 Å². The Labute approximate surface area is 128 Å². The number of benzene rings is 2. The minimum atomic E-state index is -0.269. The third-order valence-corrected chi connectivity index (χ3v) is 4.58. The summed E-state index contributed by atoms with van der Waals surface area (Å²) in [7, 11) is 0. The molecule has 0 spiro atoms. The van der Waals surface area contributed by atoms with Gasteiger partial charge in [-0.25, -0.2) is 9.40 Å². The van der Waals surface area contributed by atoms with Gasteiger partial charge >= 0.3 is 0 Å². The summed E-state index contributed by atoms with van der Waals surface area (Å²) in [6.07, 6.45) is 2.69. The highest BCUT2D eigenvalue weighted by molar-refractivity contribution is 6.06. The van der Waals surface area contributed by atoms with E-state index in [1.54, 1.807) is 12.1 Å². The lowest BCUT2D eigenvalue weighted by atomic mass is 9.77. The highest BCUT2D eigenvalue weighted by Crippen LogP contribution is 2.42. The van der Waals surface area contributed by atoms with Crippen LogP contribution < -0.4 is 0 Å². The van der Waals surface area contributed by atoms with Crippen molar-refractivity contribution in [1.29, 1.82) is 0 Å². The second-order valence-electron chi connectivity index (χ2n) is 5.77. The van der Waals surface area contributed by atoms with E-state index < -0.39 is 0 Å². The van der Waals surface area contributed by atoms with Crippen LogP contribution in [-0.4, -0.2) is 17.1 Å². The predicted molar refractivity (Wildman–Crippen MR) is 81.8 cm³/mol. The van der Waals surface area contributed by atoms with Gasteiger partial charge in [0, 0.05) is 11.5 Å². The second-order valence-corrected chi connectivity index (χ2v) is 5.77. The molecule has 0 N–H and O–H groups in total. The lowest BCUT2D eigenvalue weighted by molar-refractivity contribution is -0.120. The number of rotatable bonds is 2. The number of hydrazone groups is 1. The molecule has 110 valence electrons. The molecule has 1 heterocycles. The van der Waals surface area contributed by atoms with Gasteiger partial charge in [-0.2, -0.15) is 5.10 Å². The monoisotopic (exact) mass is 294 g/mol. The van der Waals surface area contributed by atoms with Crippen molar-refractivity contribution < 1.29 is 9.18 Å². The molecule has 1 aliphatic heterocycles. The smallest absolute Gasteiger partial charge is 0.230 e. The van der Waals surface area contributed by atoms with Crippen LogP contribution in [0.3, 0.4) is 0 Å². The maximum Gasteiger partial charge on any atom is 0.230 e. The zero-order valence-corrected chi connectivity index (χ0v) is 11.9. The molecule has 1 amide bonds. The molecule has 4 rings (SSSR count). The number of nitrogens with zero attached hydrogens (tertiary/aromatic N) is 2. The van der Waals surface area contributed by atoms with E-state index in [9.17, 15) is 9.18 Å². The Balaban J connectivity index is 1.78. The van der Waals surface area contributed by atoms with Gasteiger partial charge in [-0.1, -0.05) is 36.4 Å². The second kappa shape index (κ2) is 5.05. The lowest BCUT2D eigenvalue weighted by Gasteiger charge is -2.28. The first kappa shape index (κ1) is 13.2. The van der Waals surface area contributed by atoms with E-state index in [0.29, 0.717) is 0 Å². The van der Waals surface area contributed by atoms with Crippen LogP contribution in [0.25, 0.3) is 0 Å². The molecule has 2 atom stereocenters. The average molecular weight is 294 g/mol. The normalized spacial score (nSPS) is 22.8. The number of fused-ring (bicyclic) bond motifs is 3. The van der Waals surface area contributed by atoms with E-state index >= 15 is 0 Å². The molecule has 0 bridgehead atoms. The van der Waals surface area contributed by atoms with E-state index in [1.807, 2.05) is 12.1 Å². The van der Waals surface area contributed by atoms with Gasteiger partial charge in [-0.15, -0.1) is 0 Å². The molecule has 0 saturated heterocycles. The topological polar surface area (TPSA) is 32.7 Å². The molecule has 3 nitrogen and oxygen atoms in total. The van der Waals surface area contributed by atoms with E-state index in [2.05, 4.69) is 17.2 Å². The molecular formula is C18H15FN2O. The molecule has 0 saturated carbocycles. The van der Waals surface area contributed by atoms with Crippen molar-refractivity contribution in [1.82, 2.24) is 5.01 Å². The maximum absolute atomic E-state index is 13.2. The summed E-state index contributed by atoms with van der Waals surface area (Å²) in [5.74, 6) is -0.0971. The summed E-state index contributed by atoms with van der Waals surface area (Å²) in [6, 6.07) is 14.4. The van der Waals surface area contributed by atoms with Crippen LogP contribution in [0.1, 0.15) is 29.2 Å². The molecule has 0 aromatic heterocycles. The zero-order chi connectivity index (χ0) is 15.1. The summed E-state index contributed by atoms with van der Waals surface area (Å²) < 4.78 is 13.2. The Hall–Kier alpha value is -2.49. The summed E-state index contributed by atoms with van der Waals surface area (Å²) >= 11 is 0. The molecule has 2 unspecified atom stereocenters. The average Bonchev–Trinajstić information content (AvgIpc) is 2.94. The quantitative estimate of drug-likeness (QED) is 0.782. The third-order valence-electron chi connectivity index (χ3n) is 4.58. The lowest BCUT2D eigenvalue weighted by Crippen LogP contribution is -2.28. The van der Waals surface area contributed by atoms with Crippen LogP contribution >= 0.6 is 0 Å². The third kappa shape index (κ3) is 1.95. The first-order valence-corrected chi connectivity index (χ1v) is 7.44. The highest BCUT2D eigenvalue weighted by Gasteiger charge is 2.41. The number of halogens is 1. The number of hydrogen-bond donors (Lipinski definition) is 0. The minimum absolute atomic E-state index is 0.138.